The predicted molar refractivity (Wildman–Crippen MR) is 42.6 cm³/mol. The van der Waals surface area contributed by atoms with Gasteiger partial charge in [0, 0.05) is 7.11 Å². The van der Waals surface area contributed by atoms with Gasteiger partial charge in [0.15, 0.2) is 0 Å². The van der Waals surface area contributed by atoms with Crippen LogP contribution in [0.2, 0.25) is 0 Å². The summed E-state index contributed by atoms with van der Waals surface area (Å²) in [6.45, 7) is 0. The molecule has 0 N–H and O–H groups in total. The zero-order chi connectivity index (χ0) is 7.23. The summed E-state index contributed by atoms with van der Waals surface area (Å²) in [7, 11) is 0.885. The molecule has 0 aliphatic heterocycles. The minimum absolute atomic E-state index is 0.777. The number of hydrogen-bond acceptors (Lipinski definition) is 2. The molecule has 0 saturated carbocycles. The van der Waals surface area contributed by atoms with Gasteiger partial charge in [0.05, 0.1) is 0 Å². The fourth-order valence-corrected chi connectivity index (χ4v) is 1.09. The molecule has 0 spiro atoms. The van der Waals surface area contributed by atoms with E-state index in [0.717, 1.165) is 5.75 Å². The lowest BCUT2D eigenvalue weighted by Crippen LogP contribution is -2.03. The van der Waals surface area contributed by atoms with Gasteiger partial charge >= 0.3 is 10.0 Å². The third kappa shape index (κ3) is 2.20. The Morgan fingerprint density at radius 1 is 1.20 bits per heavy atom. The van der Waals surface area contributed by atoms with Crippen LogP contribution in [0.5, 0.6) is 5.75 Å². The zero-order valence-corrected chi connectivity index (χ0v) is 7.32. The normalized spacial score (nSPS) is 10.5. The predicted octanol–water partition coefficient (Wildman–Crippen LogP) is 0.711. The molecule has 1 rings (SSSR count). The molecule has 0 aliphatic carbocycles. The maximum Gasteiger partial charge on any atom is 0.365 e. The van der Waals surface area contributed by atoms with Crippen molar-refractivity contribution in [3.8, 4) is 5.75 Å². The Morgan fingerprint density at radius 3 is 2.50 bits per heavy atom. The van der Waals surface area contributed by atoms with Crippen molar-refractivity contribution in [3.05, 3.63) is 30.3 Å². The molecular formula is C7H10O2Si. The first-order valence-electron chi connectivity index (χ1n) is 3.10. The minimum Gasteiger partial charge on any atom is -0.525 e. The van der Waals surface area contributed by atoms with E-state index < -0.39 is 10.0 Å². The summed E-state index contributed by atoms with van der Waals surface area (Å²) in [4.78, 5) is 0. The fourth-order valence-electron chi connectivity index (χ4n) is 0.644. The number of rotatable bonds is 3. The Bertz CT molecular complexity index is 176. The topological polar surface area (TPSA) is 18.5 Å². The quantitative estimate of drug-likeness (QED) is 0.597. The Balaban J connectivity index is 2.43. The molecule has 0 aliphatic rings. The molecule has 0 radical (unpaired) electrons. The third-order valence-corrected chi connectivity index (χ3v) is 1.77. The van der Waals surface area contributed by atoms with Gasteiger partial charge in [-0.25, -0.2) is 0 Å². The maximum atomic E-state index is 5.27. The highest BCUT2D eigenvalue weighted by molar-refractivity contribution is 6.19. The van der Waals surface area contributed by atoms with Crippen molar-refractivity contribution in [2.24, 2.45) is 0 Å². The lowest BCUT2D eigenvalue weighted by Gasteiger charge is -2.01. The average Bonchev–Trinajstić information content (AvgIpc) is 2.03. The molecule has 0 aromatic heterocycles. The molecule has 0 atom stereocenters. The van der Waals surface area contributed by atoms with Gasteiger partial charge in [-0.15, -0.1) is 0 Å². The van der Waals surface area contributed by atoms with Crippen LogP contribution >= 0.6 is 0 Å². The van der Waals surface area contributed by atoms with E-state index in [9.17, 15) is 0 Å². The molecule has 0 fully saturated rings. The van der Waals surface area contributed by atoms with E-state index in [1.54, 1.807) is 7.11 Å². The smallest absolute Gasteiger partial charge is 0.365 e. The summed E-state index contributed by atoms with van der Waals surface area (Å²) >= 11 is 0. The molecule has 0 amide bonds. The SMILES string of the molecule is CO[SiH2]Oc1ccccc1. The van der Waals surface area contributed by atoms with E-state index >= 15 is 0 Å². The molecule has 54 valence electrons. The number of para-hydroxylation sites is 1. The van der Waals surface area contributed by atoms with Crippen molar-refractivity contribution in [3.63, 3.8) is 0 Å². The molecule has 0 bridgehead atoms. The maximum absolute atomic E-state index is 5.27. The van der Waals surface area contributed by atoms with E-state index in [1.165, 1.54) is 0 Å². The molecule has 0 heterocycles. The number of benzene rings is 1. The van der Waals surface area contributed by atoms with Crippen LogP contribution in [0.25, 0.3) is 0 Å². The Hall–Kier alpha value is -0.803. The van der Waals surface area contributed by atoms with Crippen LogP contribution in [0, 0.1) is 0 Å². The van der Waals surface area contributed by atoms with Crippen LogP contribution < -0.4 is 4.43 Å². The van der Waals surface area contributed by atoms with E-state index in [2.05, 4.69) is 0 Å². The highest BCUT2D eigenvalue weighted by Crippen LogP contribution is 2.06. The van der Waals surface area contributed by atoms with Crippen molar-refractivity contribution in [2.45, 2.75) is 0 Å². The summed E-state index contributed by atoms with van der Waals surface area (Å²) < 4.78 is 10.1. The Labute approximate surface area is 62.8 Å². The molecule has 0 saturated heterocycles. The second kappa shape index (κ2) is 4.08. The molecule has 0 unspecified atom stereocenters. The van der Waals surface area contributed by atoms with Gasteiger partial charge in [0.25, 0.3) is 0 Å². The van der Waals surface area contributed by atoms with Gasteiger partial charge in [-0.3, -0.25) is 0 Å². The van der Waals surface area contributed by atoms with Gasteiger partial charge < -0.3 is 8.85 Å². The van der Waals surface area contributed by atoms with Crippen molar-refractivity contribution in [1.29, 1.82) is 0 Å². The van der Waals surface area contributed by atoms with Crippen molar-refractivity contribution in [1.82, 2.24) is 0 Å². The number of hydrogen-bond donors (Lipinski definition) is 0. The van der Waals surface area contributed by atoms with Crippen LogP contribution in [-0.2, 0) is 4.43 Å². The molecule has 1 aromatic rings. The molecule has 3 heteroatoms. The summed E-state index contributed by atoms with van der Waals surface area (Å²) in [6.07, 6.45) is 0. The van der Waals surface area contributed by atoms with Crippen LogP contribution in [0.1, 0.15) is 0 Å². The highest BCUT2D eigenvalue weighted by Gasteiger charge is 1.87. The first-order valence-corrected chi connectivity index (χ1v) is 4.26. The van der Waals surface area contributed by atoms with Crippen molar-refractivity contribution in [2.75, 3.05) is 7.11 Å². The summed E-state index contributed by atoms with van der Waals surface area (Å²) in [5.74, 6) is 0.899. The van der Waals surface area contributed by atoms with E-state index in [-0.39, 0.29) is 0 Å². The summed E-state index contributed by atoms with van der Waals surface area (Å²) in [5.41, 5.74) is 0. The molecule has 1 aromatic carbocycles. The molecular weight excluding hydrogens is 144 g/mol. The first-order chi connectivity index (χ1) is 4.93. The van der Waals surface area contributed by atoms with Gasteiger partial charge in [-0.1, -0.05) is 18.2 Å². The van der Waals surface area contributed by atoms with Gasteiger partial charge in [-0.05, 0) is 12.1 Å². The van der Waals surface area contributed by atoms with E-state index in [0.29, 0.717) is 0 Å². The lowest BCUT2D eigenvalue weighted by atomic mass is 10.3. The van der Waals surface area contributed by atoms with Crippen molar-refractivity contribution < 1.29 is 8.85 Å². The van der Waals surface area contributed by atoms with Crippen LogP contribution in [-0.4, -0.2) is 17.1 Å². The minimum atomic E-state index is -0.777. The largest absolute Gasteiger partial charge is 0.525 e. The first kappa shape index (κ1) is 7.31. The Morgan fingerprint density at radius 2 is 1.90 bits per heavy atom. The zero-order valence-electron chi connectivity index (χ0n) is 5.91. The summed E-state index contributed by atoms with van der Waals surface area (Å²) in [5, 5.41) is 0. The van der Waals surface area contributed by atoms with Gasteiger partial charge in [-0.2, -0.15) is 0 Å². The van der Waals surface area contributed by atoms with Gasteiger partial charge in [0.1, 0.15) is 5.75 Å². The molecule has 2 nitrogen and oxygen atoms in total. The van der Waals surface area contributed by atoms with Crippen LogP contribution in [0.3, 0.4) is 0 Å². The lowest BCUT2D eigenvalue weighted by molar-refractivity contribution is 0.366. The Kier molecular flexibility index (Phi) is 2.98. The monoisotopic (exact) mass is 154 g/mol. The molecule has 10 heavy (non-hydrogen) atoms. The van der Waals surface area contributed by atoms with Gasteiger partial charge in [0.2, 0.25) is 0 Å². The fraction of sp³-hybridized carbons (Fsp3) is 0.143. The van der Waals surface area contributed by atoms with E-state index in [1.807, 2.05) is 30.3 Å². The second-order valence-electron chi connectivity index (χ2n) is 1.86. The standard InChI is InChI=1S/C7H10O2Si/c1-8-10-9-7-5-3-2-4-6-7/h2-6H,10H2,1H3. The average molecular weight is 154 g/mol. The van der Waals surface area contributed by atoms with E-state index in [4.69, 9.17) is 8.85 Å². The highest BCUT2D eigenvalue weighted by atomic mass is 28.3. The van der Waals surface area contributed by atoms with Crippen molar-refractivity contribution >= 4 is 10.0 Å². The van der Waals surface area contributed by atoms with Crippen LogP contribution in [0.15, 0.2) is 30.3 Å². The van der Waals surface area contributed by atoms with Crippen LogP contribution in [0.4, 0.5) is 0 Å². The summed E-state index contributed by atoms with van der Waals surface area (Å²) in [6, 6.07) is 9.69. The second-order valence-corrected chi connectivity index (χ2v) is 2.97. The third-order valence-electron chi connectivity index (χ3n) is 1.09.